The van der Waals surface area contributed by atoms with Crippen LogP contribution in [0.25, 0.3) is 0 Å². The molecule has 1 saturated carbocycles. The summed E-state index contributed by atoms with van der Waals surface area (Å²) in [5, 5.41) is 5.05. The molecule has 1 amide bonds. The number of hydrogen-bond donors (Lipinski definition) is 2. The number of alkyl carbamates (subject to hydrolysis) is 1. The molecule has 6 heteroatoms. The van der Waals surface area contributed by atoms with E-state index in [9.17, 15) is 4.79 Å². The summed E-state index contributed by atoms with van der Waals surface area (Å²) in [6.07, 6.45) is 2.04. The van der Waals surface area contributed by atoms with Crippen molar-refractivity contribution in [1.29, 1.82) is 0 Å². The van der Waals surface area contributed by atoms with Crippen molar-refractivity contribution >= 4 is 17.4 Å². The Morgan fingerprint density at radius 3 is 2.70 bits per heavy atom. The van der Waals surface area contributed by atoms with E-state index in [1.165, 1.54) is 17.7 Å². The topological polar surface area (TPSA) is 67.6 Å². The van der Waals surface area contributed by atoms with Crippen LogP contribution in [0.3, 0.4) is 0 Å². The lowest BCUT2D eigenvalue weighted by molar-refractivity contribution is 0.0463. The number of nitrogens with zero attached hydrogens (tertiary/aromatic N) is 1. The summed E-state index contributed by atoms with van der Waals surface area (Å²) >= 11 is 1.76. The maximum Gasteiger partial charge on any atom is 0.407 e. The van der Waals surface area contributed by atoms with Crippen molar-refractivity contribution in [3.63, 3.8) is 0 Å². The van der Waals surface area contributed by atoms with Crippen molar-refractivity contribution < 1.29 is 9.53 Å². The number of carbonyl (C=O) groups excluding carboxylic acids is 1. The summed E-state index contributed by atoms with van der Waals surface area (Å²) in [4.78, 5) is 15.8. The van der Waals surface area contributed by atoms with Gasteiger partial charge in [-0.2, -0.15) is 0 Å². The molecule has 1 aliphatic carbocycles. The Hall–Kier alpha value is -1.11. The van der Waals surface area contributed by atoms with Crippen LogP contribution in [-0.4, -0.2) is 41.3 Å². The first kappa shape index (κ1) is 18.2. The lowest BCUT2D eigenvalue weighted by Crippen LogP contribution is -2.54. The van der Waals surface area contributed by atoms with E-state index < -0.39 is 5.60 Å². The van der Waals surface area contributed by atoms with Crippen LogP contribution in [-0.2, 0) is 11.3 Å². The first-order valence-corrected chi connectivity index (χ1v) is 9.16. The number of ether oxygens (including phenoxy) is 1. The summed E-state index contributed by atoms with van der Waals surface area (Å²) < 4.78 is 5.36. The number of rotatable bonds is 7. The van der Waals surface area contributed by atoms with Gasteiger partial charge in [0.25, 0.3) is 0 Å². The molecular formula is C17H29N3O2S. The van der Waals surface area contributed by atoms with E-state index in [2.05, 4.69) is 27.7 Å². The summed E-state index contributed by atoms with van der Waals surface area (Å²) in [6, 6.07) is 4.85. The minimum absolute atomic E-state index is 0.0598. The fourth-order valence-corrected chi connectivity index (χ4v) is 3.43. The molecular weight excluding hydrogens is 310 g/mol. The molecule has 2 unspecified atom stereocenters. The molecule has 1 aromatic heterocycles. The molecule has 2 atom stereocenters. The van der Waals surface area contributed by atoms with Gasteiger partial charge in [0.1, 0.15) is 5.60 Å². The normalized spacial score (nSPS) is 17.8. The second-order valence-corrected chi connectivity index (χ2v) is 8.25. The summed E-state index contributed by atoms with van der Waals surface area (Å²) in [6.45, 7) is 9.01. The maximum absolute atomic E-state index is 12.0. The maximum atomic E-state index is 12.0. The molecule has 0 bridgehead atoms. The van der Waals surface area contributed by atoms with E-state index in [1.807, 2.05) is 27.7 Å². The average Bonchev–Trinajstić information content (AvgIpc) is 3.14. The zero-order valence-corrected chi connectivity index (χ0v) is 15.4. The minimum atomic E-state index is -0.491. The first-order chi connectivity index (χ1) is 10.8. The quantitative estimate of drug-likeness (QED) is 0.801. The number of nitrogens with two attached hydrogens (primary N) is 1. The molecule has 1 fully saturated rings. The van der Waals surface area contributed by atoms with Gasteiger partial charge in [0.05, 0.1) is 0 Å². The Balaban J connectivity index is 1.98. The summed E-state index contributed by atoms with van der Waals surface area (Å²) in [5.74, 6) is 0. The molecule has 0 saturated heterocycles. The Labute approximate surface area is 143 Å². The van der Waals surface area contributed by atoms with E-state index in [1.54, 1.807) is 11.3 Å². The molecule has 1 aliphatic rings. The van der Waals surface area contributed by atoms with Crippen LogP contribution in [0.5, 0.6) is 0 Å². The average molecular weight is 340 g/mol. The molecule has 2 rings (SSSR count). The summed E-state index contributed by atoms with van der Waals surface area (Å²) in [7, 11) is 0. The predicted molar refractivity (Wildman–Crippen MR) is 94.6 cm³/mol. The first-order valence-electron chi connectivity index (χ1n) is 8.28. The van der Waals surface area contributed by atoms with Crippen LogP contribution in [0.1, 0.15) is 45.4 Å². The van der Waals surface area contributed by atoms with E-state index in [4.69, 9.17) is 10.5 Å². The van der Waals surface area contributed by atoms with Gasteiger partial charge >= 0.3 is 6.09 Å². The highest BCUT2D eigenvalue weighted by Gasteiger charge is 2.36. The van der Waals surface area contributed by atoms with Crippen LogP contribution in [0.15, 0.2) is 17.5 Å². The lowest BCUT2D eigenvalue weighted by Gasteiger charge is -2.35. The van der Waals surface area contributed by atoms with Gasteiger partial charge < -0.3 is 15.8 Å². The van der Waals surface area contributed by atoms with Crippen LogP contribution >= 0.6 is 11.3 Å². The van der Waals surface area contributed by atoms with E-state index in [0.717, 1.165) is 6.54 Å². The highest BCUT2D eigenvalue weighted by atomic mass is 32.1. The van der Waals surface area contributed by atoms with Gasteiger partial charge in [0, 0.05) is 36.1 Å². The zero-order valence-electron chi connectivity index (χ0n) is 14.5. The number of thiophene rings is 1. The van der Waals surface area contributed by atoms with E-state index >= 15 is 0 Å². The van der Waals surface area contributed by atoms with Crippen LogP contribution in [0.2, 0.25) is 0 Å². The van der Waals surface area contributed by atoms with Gasteiger partial charge in [-0.1, -0.05) is 6.07 Å². The highest BCUT2D eigenvalue weighted by Crippen LogP contribution is 2.31. The minimum Gasteiger partial charge on any atom is -0.444 e. The van der Waals surface area contributed by atoms with Crippen molar-refractivity contribution in [1.82, 2.24) is 10.2 Å². The Kier molecular flexibility index (Phi) is 6.06. The van der Waals surface area contributed by atoms with Gasteiger partial charge in [-0.3, -0.25) is 4.90 Å². The van der Waals surface area contributed by atoms with Crippen molar-refractivity contribution in [3.8, 4) is 0 Å². The third-order valence-corrected chi connectivity index (χ3v) is 4.78. The Bertz CT molecular complexity index is 494. The molecule has 0 spiro atoms. The van der Waals surface area contributed by atoms with Gasteiger partial charge in [-0.05, 0) is 52.0 Å². The third kappa shape index (κ3) is 5.79. The molecule has 0 aromatic carbocycles. The number of hydrogen-bond acceptors (Lipinski definition) is 5. The van der Waals surface area contributed by atoms with Gasteiger partial charge in [-0.25, -0.2) is 4.79 Å². The van der Waals surface area contributed by atoms with Crippen molar-refractivity contribution in [2.24, 2.45) is 5.73 Å². The molecule has 1 heterocycles. The van der Waals surface area contributed by atoms with Crippen LogP contribution in [0, 0.1) is 0 Å². The molecule has 5 nitrogen and oxygen atoms in total. The second-order valence-electron chi connectivity index (χ2n) is 7.22. The Morgan fingerprint density at radius 2 is 2.22 bits per heavy atom. The molecule has 3 N–H and O–H groups in total. The third-order valence-electron chi connectivity index (χ3n) is 3.92. The number of nitrogens with one attached hydrogen (secondary N) is 1. The van der Waals surface area contributed by atoms with Gasteiger partial charge in [-0.15, -0.1) is 11.3 Å². The van der Waals surface area contributed by atoms with E-state index in [-0.39, 0.29) is 18.2 Å². The molecule has 23 heavy (non-hydrogen) atoms. The number of amides is 1. The lowest BCUT2D eigenvalue weighted by atomic mass is 10.1. The van der Waals surface area contributed by atoms with Crippen LogP contribution in [0.4, 0.5) is 4.79 Å². The highest BCUT2D eigenvalue weighted by molar-refractivity contribution is 7.09. The molecule has 0 aliphatic heterocycles. The monoisotopic (exact) mass is 339 g/mol. The largest absolute Gasteiger partial charge is 0.444 e. The van der Waals surface area contributed by atoms with Gasteiger partial charge in [0.15, 0.2) is 0 Å². The molecule has 130 valence electrons. The molecule has 0 radical (unpaired) electrons. The standard InChI is InChI=1S/C17H29N3O2S/c1-12(19-16(21)22-17(2,3)4)15(10-18)20(13-7-8-13)11-14-6-5-9-23-14/h5-6,9,12-13,15H,7-8,10-11,18H2,1-4H3,(H,19,21). The zero-order chi connectivity index (χ0) is 17.0. The number of carbonyl (C=O) groups is 1. The summed E-state index contributed by atoms with van der Waals surface area (Å²) in [5.41, 5.74) is 5.55. The SMILES string of the molecule is CC(NC(=O)OC(C)(C)C)C(CN)N(Cc1cccs1)C1CC1. The smallest absolute Gasteiger partial charge is 0.407 e. The van der Waals surface area contributed by atoms with Crippen molar-refractivity contribution in [3.05, 3.63) is 22.4 Å². The van der Waals surface area contributed by atoms with E-state index in [0.29, 0.717) is 12.6 Å². The van der Waals surface area contributed by atoms with Crippen LogP contribution < -0.4 is 11.1 Å². The van der Waals surface area contributed by atoms with Gasteiger partial charge in [0.2, 0.25) is 0 Å². The fourth-order valence-electron chi connectivity index (χ4n) is 2.72. The predicted octanol–water partition coefficient (Wildman–Crippen LogP) is 2.95. The Morgan fingerprint density at radius 1 is 1.52 bits per heavy atom. The molecule has 1 aromatic rings. The van der Waals surface area contributed by atoms with Crippen molar-refractivity contribution in [2.45, 2.75) is 70.8 Å². The second kappa shape index (κ2) is 7.64. The van der Waals surface area contributed by atoms with Crippen molar-refractivity contribution in [2.75, 3.05) is 6.54 Å². The fraction of sp³-hybridized carbons (Fsp3) is 0.706.